The van der Waals surface area contributed by atoms with Crippen LogP contribution in [0.25, 0.3) is 0 Å². The lowest BCUT2D eigenvalue weighted by atomic mass is 9.79. The fourth-order valence-electron chi connectivity index (χ4n) is 1.38. The van der Waals surface area contributed by atoms with Gasteiger partial charge in [-0.1, -0.05) is 25.5 Å². The van der Waals surface area contributed by atoms with Crippen molar-refractivity contribution in [1.82, 2.24) is 0 Å². The van der Waals surface area contributed by atoms with Gasteiger partial charge in [-0.15, -0.1) is 0 Å². The standard InChI is InChI=1S/C9H14O/c1-7-4-5-8(6-10)9(7,2)3/h4,6,8H,5H2,1-3H3/t8-/m1/s1. The molecule has 0 fully saturated rings. The van der Waals surface area contributed by atoms with Crippen LogP contribution in [0.5, 0.6) is 0 Å². The predicted octanol–water partition coefficient (Wildman–Crippen LogP) is 2.18. The second-order valence-electron chi connectivity index (χ2n) is 3.59. The van der Waals surface area contributed by atoms with Crippen LogP contribution in [-0.4, -0.2) is 6.29 Å². The molecule has 0 radical (unpaired) electrons. The van der Waals surface area contributed by atoms with E-state index < -0.39 is 0 Å². The van der Waals surface area contributed by atoms with Crippen LogP contribution in [0.3, 0.4) is 0 Å². The zero-order valence-corrected chi connectivity index (χ0v) is 6.85. The second-order valence-corrected chi connectivity index (χ2v) is 3.59. The number of aldehydes is 1. The summed E-state index contributed by atoms with van der Waals surface area (Å²) in [5.41, 5.74) is 1.46. The van der Waals surface area contributed by atoms with Crippen molar-refractivity contribution in [3.63, 3.8) is 0 Å². The van der Waals surface area contributed by atoms with Crippen LogP contribution in [0, 0.1) is 11.3 Å². The Morgan fingerprint density at radius 1 is 1.70 bits per heavy atom. The molecule has 1 heteroatoms. The van der Waals surface area contributed by atoms with Crippen LogP contribution >= 0.6 is 0 Å². The van der Waals surface area contributed by atoms with Gasteiger partial charge in [0.2, 0.25) is 0 Å². The number of allylic oxidation sites excluding steroid dienone is 2. The maximum absolute atomic E-state index is 10.5. The summed E-state index contributed by atoms with van der Waals surface area (Å²) in [5, 5.41) is 0. The average molecular weight is 138 g/mol. The van der Waals surface area contributed by atoms with Crippen LogP contribution in [0.1, 0.15) is 27.2 Å². The van der Waals surface area contributed by atoms with Crippen molar-refractivity contribution in [2.75, 3.05) is 0 Å². The summed E-state index contributed by atoms with van der Waals surface area (Å²) in [6.45, 7) is 6.36. The molecule has 0 bridgehead atoms. The highest BCUT2D eigenvalue weighted by molar-refractivity contribution is 5.58. The number of hydrogen-bond donors (Lipinski definition) is 0. The quantitative estimate of drug-likeness (QED) is 0.401. The average Bonchev–Trinajstić information content (AvgIpc) is 2.10. The number of carbonyl (C=O) groups is 1. The van der Waals surface area contributed by atoms with Crippen LogP contribution in [0.15, 0.2) is 11.6 Å². The fourth-order valence-corrected chi connectivity index (χ4v) is 1.38. The van der Waals surface area contributed by atoms with Crippen molar-refractivity contribution >= 4 is 6.29 Å². The molecule has 0 saturated carbocycles. The Kier molecular flexibility index (Phi) is 1.67. The molecule has 0 aromatic heterocycles. The maximum atomic E-state index is 10.5. The normalized spacial score (nSPS) is 29.9. The summed E-state index contributed by atoms with van der Waals surface area (Å²) >= 11 is 0. The van der Waals surface area contributed by atoms with Gasteiger partial charge in [0.15, 0.2) is 0 Å². The molecule has 1 aliphatic carbocycles. The molecule has 10 heavy (non-hydrogen) atoms. The van der Waals surface area contributed by atoms with Crippen LogP contribution in [0.2, 0.25) is 0 Å². The minimum Gasteiger partial charge on any atom is -0.303 e. The highest BCUT2D eigenvalue weighted by Gasteiger charge is 2.34. The third-order valence-electron chi connectivity index (χ3n) is 2.79. The minimum absolute atomic E-state index is 0.113. The van der Waals surface area contributed by atoms with Crippen molar-refractivity contribution in [3.8, 4) is 0 Å². The Morgan fingerprint density at radius 3 is 2.50 bits per heavy atom. The van der Waals surface area contributed by atoms with Gasteiger partial charge in [0.25, 0.3) is 0 Å². The lowest BCUT2D eigenvalue weighted by Gasteiger charge is -2.24. The lowest BCUT2D eigenvalue weighted by Crippen LogP contribution is -2.21. The molecule has 0 spiro atoms. The van der Waals surface area contributed by atoms with E-state index in [9.17, 15) is 4.79 Å². The Hall–Kier alpha value is -0.590. The monoisotopic (exact) mass is 138 g/mol. The number of carbonyl (C=O) groups excluding carboxylic acids is 1. The van der Waals surface area contributed by atoms with E-state index in [1.807, 2.05) is 0 Å². The Bertz CT molecular complexity index is 177. The molecule has 1 aliphatic rings. The molecule has 0 aromatic carbocycles. The van der Waals surface area contributed by atoms with Crippen LogP contribution in [0.4, 0.5) is 0 Å². The Morgan fingerprint density at radius 2 is 2.30 bits per heavy atom. The number of rotatable bonds is 1. The Balaban J connectivity index is 2.83. The number of hydrogen-bond acceptors (Lipinski definition) is 1. The summed E-state index contributed by atoms with van der Waals surface area (Å²) in [7, 11) is 0. The first kappa shape index (κ1) is 7.52. The summed E-state index contributed by atoms with van der Waals surface area (Å²) in [5.74, 6) is 0.215. The molecule has 0 aliphatic heterocycles. The molecular formula is C9H14O. The van der Waals surface area contributed by atoms with Crippen LogP contribution in [-0.2, 0) is 4.79 Å². The van der Waals surface area contributed by atoms with Crippen molar-refractivity contribution < 1.29 is 4.79 Å². The smallest absolute Gasteiger partial charge is 0.124 e. The van der Waals surface area contributed by atoms with E-state index in [0.717, 1.165) is 12.7 Å². The molecule has 0 aromatic rings. The molecule has 1 atom stereocenters. The SMILES string of the molecule is CC1=CC[C@H](C=O)C1(C)C. The van der Waals surface area contributed by atoms with Crippen molar-refractivity contribution in [3.05, 3.63) is 11.6 Å². The minimum atomic E-state index is 0.113. The van der Waals surface area contributed by atoms with E-state index >= 15 is 0 Å². The summed E-state index contributed by atoms with van der Waals surface area (Å²) < 4.78 is 0. The molecule has 0 unspecified atom stereocenters. The zero-order valence-electron chi connectivity index (χ0n) is 6.85. The van der Waals surface area contributed by atoms with E-state index in [1.165, 1.54) is 5.57 Å². The second kappa shape index (κ2) is 2.22. The van der Waals surface area contributed by atoms with Gasteiger partial charge in [-0.3, -0.25) is 0 Å². The van der Waals surface area contributed by atoms with Gasteiger partial charge < -0.3 is 4.79 Å². The van der Waals surface area contributed by atoms with E-state index in [1.54, 1.807) is 0 Å². The van der Waals surface area contributed by atoms with E-state index in [4.69, 9.17) is 0 Å². The first-order chi connectivity index (χ1) is 4.59. The first-order valence-electron chi connectivity index (χ1n) is 3.71. The van der Waals surface area contributed by atoms with Crippen LogP contribution < -0.4 is 0 Å². The molecule has 1 nitrogen and oxygen atoms in total. The van der Waals surface area contributed by atoms with Gasteiger partial charge in [0.05, 0.1) is 0 Å². The third kappa shape index (κ3) is 0.898. The molecule has 0 saturated heterocycles. The van der Waals surface area contributed by atoms with E-state index in [2.05, 4.69) is 26.8 Å². The molecule has 0 heterocycles. The van der Waals surface area contributed by atoms with Crippen molar-refractivity contribution in [2.45, 2.75) is 27.2 Å². The van der Waals surface area contributed by atoms with Gasteiger partial charge in [-0.05, 0) is 18.8 Å². The van der Waals surface area contributed by atoms with Crippen molar-refractivity contribution in [2.24, 2.45) is 11.3 Å². The molecule has 0 amide bonds. The largest absolute Gasteiger partial charge is 0.303 e. The van der Waals surface area contributed by atoms with Crippen molar-refractivity contribution in [1.29, 1.82) is 0 Å². The predicted molar refractivity (Wildman–Crippen MR) is 41.7 cm³/mol. The molecular weight excluding hydrogens is 124 g/mol. The Labute approximate surface area is 62.1 Å². The summed E-state index contributed by atoms with van der Waals surface area (Å²) in [4.78, 5) is 10.5. The van der Waals surface area contributed by atoms with Gasteiger partial charge >= 0.3 is 0 Å². The molecule has 1 rings (SSSR count). The topological polar surface area (TPSA) is 17.1 Å². The van der Waals surface area contributed by atoms with Gasteiger partial charge in [0.1, 0.15) is 6.29 Å². The highest BCUT2D eigenvalue weighted by atomic mass is 16.1. The highest BCUT2D eigenvalue weighted by Crippen LogP contribution is 2.41. The summed E-state index contributed by atoms with van der Waals surface area (Å²) in [6.07, 6.45) is 4.18. The third-order valence-corrected chi connectivity index (χ3v) is 2.79. The fraction of sp³-hybridized carbons (Fsp3) is 0.667. The zero-order chi connectivity index (χ0) is 7.78. The maximum Gasteiger partial charge on any atom is 0.124 e. The summed E-state index contributed by atoms with van der Waals surface area (Å²) in [6, 6.07) is 0. The van der Waals surface area contributed by atoms with Gasteiger partial charge in [-0.2, -0.15) is 0 Å². The van der Waals surface area contributed by atoms with E-state index in [0.29, 0.717) is 0 Å². The molecule has 0 N–H and O–H groups in total. The molecule has 56 valence electrons. The van der Waals surface area contributed by atoms with Gasteiger partial charge in [-0.25, -0.2) is 0 Å². The van der Waals surface area contributed by atoms with E-state index in [-0.39, 0.29) is 11.3 Å². The lowest BCUT2D eigenvalue weighted by molar-refractivity contribution is -0.113. The first-order valence-corrected chi connectivity index (χ1v) is 3.71. The van der Waals surface area contributed by atoms with Gasteiger partial charge in [0, 0.05) is 5.92 Å².